The fourth-order valence-corrected chi connectivity index (χ4v) is 5.45. The van der Waals surface area contributed by atoms with E-state index in [1.54, 1.807) is 0 Å². The molecule has 1 heterocycles. The Morgan fingerprint density at radius 1 is 0.875 bits per heavy atom. The van der Waals surface area contributed by atoms with Gasteiger partial charge in [-0.1, -0.05) is 60.7 Å². The van der Waals surface area contributed by atoms with Crippen LogP contribution in [0.3, 0.4) is 0 Å². The van der Waals surface area contributed by atoms with Crippen LogP contribution in [0, 0.1) is 5.21 Å². The van der Waals surface area contributed by atoms with E-state index in [0.717, 1.165) is 29.6 Å². The summed E-state index contributed by atoms with van der Waals surface area (Å²) in [6, 6.07) is 20.9. The second kappa shape index (κ2) is 8.92. The first kappa shape index (κ1) is 17.8. The van der Waals surface area contributed by atoms with Crippen molar-refractivity contribution in [1.29, 1.82) is 0 Å². The summed E-state index contributed by atoms with van der Waals surface area (Å²) in [5, 5.41) is 16.9. The molecule has 1 fully saturated rings. The minimum Gasteiger partial charge on any atom is -0.784 e. The van der Waals surface area contributed by atoms with Gasteiger partial charge in [0.15, 0.2) is 0 Å². The molecule has 5 heteroatoms. The number of hydroxylamine groups is 2. The third kappa shape index (κ3) is 4.77. The van der Waals surface area contributed by atoms with Gasteiger partial charge in [0.25, 0.3) is 0 Å². The van der Waals surface area contributed by atoms with Gasteiger partial charge in [0.2, 0.25) is 0 Å². The highest BCUT2D eigenvalue weighted by molar-refractivity contribution is 7.99. The van der Waals surface area contributed by atoms with Gasteiger partial charge in [0.1, 0.15) is 0 Å². The minimum absolute atomic E-state index is 0.293. The van der Waals surface area contributed by atoms with Crippen molar-refractivity contribution >= 4 is 23.5 Å². The Kier molecular flexibility index (Phi) is 6.63. The van der Waals surface area contributed by atoms with Crippen molar-refractivity contribution in [2.24, 2.45) is 0 Å². The third-order valence-corrected chi connectivity index (χ3v) is 6.76. The zero-order valence-electron chi connectivity index (χ0n) is 13.7. The van der Waals surface area contributed by atoms with Crippen LogP contribution in [0.5, 0.6) is 0 Å². The Balaban J connectivity index is 1.52. The van der Waals surface area contributed by atoms with E-state index in [2.05, 4.69) is 53.8 Å². The van der Waals surface area contributed by atoms with Gasteiger partial charge in [-0.3, -0.25) is 0 Å². The number of hydrogen-bond acceptors (Lipinski definition) is 5. The molecule has 2 aromatic rings. The summed E-state index contributed by atoms with van der Waals surface area (Å²) in [7, 11) is 0. The second-order valence-electron chi connectivity index (χ2n) is 6.14. The Morgan fingerprint density at radius 3 is 1.79 bits per heavy atom. The molecule has 1 aliphatic rings. The maximum Gasteiger partial charge on any atom is 0.0410 e. The number of nitrogens with zero attached hydrogens (tertiary/aromatic N) is 1. The van der Waals surface area contributed by atoms with Crippen molar-refractivity contribution in [3.8, 4) is 0 Å². The zero-order valence-corrected chi connectivity index (χ0v) is 15.3. The molecule has 1 saturated heterocycles. The molecule has 3 nitrogen and oxygen atoms in total. The van der Waals surface area contributed by atoms with Crippen molar-refractivity contribution in [3.05, 3.63) is 77.0 Å². The number of thioether (sulfide) groups is 2. The molecular weight excluding hydrogens is 336 g/mol. The molecule has 0 unspecified atom stereocenters. The Labute approximate surface area is 152 Å². The van der Waals surface area contributed by atoms with Crippen molar-refractivity contribution in [2.45, 2.75) is 17.0 Å². The standard InChI is InChI=1S/C19H23N2OS2/c22-21-16-20-13-19(21,14-23-11-17-7-3-1-4-8-17)15-24-12-18-9-5-2-6-10-18/h1-10,20H,11-16H2/q-1. The number of nitrogens with one attached hydrogen (secondary N) is 1. The molecule has 128 valence electrons. The lowest BCUT2D eigenvalue weighted by Crippen LogP contribution is -2.48. The smallest absolute Gasteiger partial charge is 0.0410 e. The molecule has 1 aliphatic heterocycles. The van der Waals surface area contributed by atoms with Crippen LogP contribution in [0.2, 0.25) is 0 Å². The average Bonchev–Trinajstić information content (AvgIpc) is 2.98. The number of hydrogen-bond donors (Lipinski definition) is 1. The molecule has 0 aliphatic carbocycles. The Morgan fingerprint density at radius 2 is 1.38 bits per heavy atom. The van der Waals surface area contributed by atoms with Gasteiger partial charge in [-0.05, 0) is 11.1 Å². The van der Waals surface area contributed by atoms with Crippen LogP contribution in [0.1, 0.15) is 11.1 Å². The highest BCUT2D eigenvalue weighted by Crippen LogP contribution is 2.30. The van der Waals surface area contributed by atoms with E-state index in [4.69, 9.17) is 0 Å². The number of benzene rings is 2. The zero-order chi connectivity index (χ0) is 16.7. The normalized spacial score (nSPS) is 17.2. The monoisotopic (exact) mass is 359 g/mol. The minimum atomic E-state index is -0.293. The topological polar surface area (TPSA) is 38.3 Å². The van der Waals surface area contributed by atoms with Gasteiger partial charge in [-0.2, -0.15) is 23.5 Å². The van der Waals surface area contributed by atoms with E-state index in [1.807, 2.05) is 35.7 Å². The van der Waals surface area contributed by atoms with E-state index < -0.39 is 0 Å². The highest BCUT2D eigenvalue weighted by atomic mass is 32.2. The lowest BCUT2D eigenvalue weighted by Gasteiger charge is -2.42. The maximum absolute atomic E-state index is 12.4. The molecule has 0 amide bonds. The molecule has 2 aromatic carbocycles. The van der Waals surface area contributed by atoms with Gasteiger partial charge in [-0.15, -0.1) is 0 Å². The summed E-state index contributed by atoms with van der Waals surface area (Å²) in [6.07, 6.45) is 0. The first-order chi connectivity index (χ1) is 11.8. The van der Waals surface area contributed by atoms with Crippen molar-refractivity contribution in [1.82, 2.24) is 10.4 Å². The summed E-state index contributed by atoms with van der Waals surface area (Å²) >= 11 is 3.71. The van der Waals surface area contributed by atoms with Crippen LogP contribution >= 0.6 is 23.5 Å². The first-order valence-electron chi connectivity index (χ1n) is 8.17. The van der Waals surface area contributed by atoms with Crippen molar-refractivity contribution in [3.63, 3.8) is 0 Å². The summed E-state index contributed by atoms with van der Waals surface area (Å²) < 4.78 is 0. The van der Waals surface area contributed by atoms with Crippen LogP contribution in [0.25, 0.3) is 0 Å². The van der Waals surface area contributed by atoms with Crippen LogP contribution in [0.4, 0.5) is 0 Å². The summed E-state index contributed by atoms with van der Waals surface area (Å²) in [5.41, 5.74) is 2.34. The molecule has 3 rings (SSSR count). The maximum atomic E-state index is 12.4. The fourth-order valence-electron chi connectivity index (χ4n) is 2.80. The SMILES string of the molecule is [O-]N1CNCC1(CSCc1ccccc1)CSCc1ccccc1. The number of rotatable bonds is 8. The van der Waals surface area contributed by atoms with Crippen LogP contribution in [-0.2, 0) is 11.5 Å². The van der Waals surface area contributed by atoms with E-state index in [-0.39, 0.29) is 5.54 Å². The Hall–Kier alpha value is -0.980. The lowest BCUT2D eigenvalue weighted by atomic mass is 10.1. The van der Waals surface area contributed by atoms with E-state index in [9.17, 15) is 5.21 Å². The largest absolute Gasteiger partial charge is 0.784 e. The van der Waals surface area contributed by atoms with E-state index in [1.165, 1.54) is 16.2 Å². The fraction of sp³-hybridized carbons (Fsp3) is 0.368. The summed E-state index contributed by atoms with van der Waals surface area (Å²) in [6.45, 7) is 1.22. The van der Waals surface area contributed by atoms with Crippen LogP contribution < -0.4 is 5.32 Å². The van der Waals surface area contributed by atoms with E-state index >= 15 is 0 Å². The highest BCUT2D eigenvalue weighted by Gasteiger charge is 2.35. The summed E-state index contributed by atoms with van der Waals surface area (Å²) in [4.78, 5) is 0. The predicted octanol–water partition coefficient (Wildman–Crippen LogP) is 3.95. The molecule has 0 saturated carbocycles. The molecular formula is C19H23N2OS2-. The lowest BCUT2D eigenvalue weighted by molar-refractivity contribution is 0.274. The molecule has 0 atom stereocenters. The van der Waals surface area contributed by atoms with Crippen molar-refractivity contribution < 1.29 is 0 Å². The average molecular weight is 360 g/mol. The van der Waals surface area contributed by atoms with Gasteiger partial charge in [-0.25, -0.2) is 0 Å². The van der Waals surface area contributed by atoms with Crippen LogP contribution in [0.15, 0.2) is 60.7 Å². The van der Waals surface area contributed by atoms with Crippen LogP contribution in [-0.4, -0.2) is 35.3 Å². The summed E-state index contributed by atoms with van der Waals surface area (Å²) in [5.74, 6) is 3.64. The first-order valence-corrected chi connectivity index (χ1v) is 10.5. The van der Waals surface area contributed by atoms with Gasteiger partial charge in [0.05, 0.1) is 0 Å². The molecule has 1 N–H and O–H groups in total. The predicted molar refractivity (Wildman–Crippen MR) is 106 cm³/mol. The second-order valence-corrected chi connectivity index (χ2v) is 8.12. The molecule has 0 aromatic heterocycles. The van der Waals surface area contributed by atoms with Gasteiger partial charge >= 0.3 is 0 Å². The third-order valence-electron chi connectivity index (χ3n) is 4.20. The van der Waals surface area contributed by atoms with E-state index in [0.29, 0.717) is 6.67 Å². The van der Waals surface area contributed by atoms with Gasteiger partial charge in [0, 0.05) is 41.8 Å². The molecule has 0 radical (unpaired) electrons. The van der Waals surface area contributed by atoms with Crippen molar-refractivity contribution in [2.75, 3.05) is 24.7 Å². The molecule has 0 bridgehead atoms. The van der Waals surface area contributed by atoms with Gasteiger partial charge < -0.3 is 15.6 Å². The molecule has 0 spiro atoms. The quantitative estimate of drug-likeness (QED) is 0.772. The molecule has 24 heavy (non-hydrogen) atoms. The Bertz CT molecular complexity index is 564.